The van der Waals surface area contributed by atoms with Crippen molar-refractivity contribution < 1.29 is 18.0 Å². The largest absolute Gasteiger partial charge is 0.333 e. The molecule has 0 unspecified atom stereocenters. The van der Waals surface area contributed by atoms with E-state index >= 15 is 0 Å². The van der Waals surface area contributed by atoms with Gasteiger partial charge in [-0.3, -0.25) is 4.79 Å². The van der Waals surface area contributed by atoms with E-state index in [4.69, 9.17) is 0 Å². The van der Waals surface area contributed by atoms with E-state index < -0.39 is 23.5 Å². The summed E-state index contributed by atoms with van der Waals surface area (Å²) in [6.07, 6.45) is 3.63. The molecule has 0 aliphatic carbocycles. The molecule has 0 N–H and O–H groups in total. The van der Waals surface area contributed by atoms with Gasteiger partial charge in [0.25, 0.3) is 0 Å². The van der Waals surface area contributed by atoms with Gasteiger partial charge in [0.05, 0.1) is 6.04 Å². The molecule has 0 aromatic heterocycles. The highest BCUT2D eigenvalue weighted by Gasteiger charge is 2.41. The van der Waals surface area contributed by atoms with E-state index in [-0.39, 0.29) is 17.5 Å². The Balaban J connectivity index is 1.98. The minimum atomic E-state index is -1.45. The lowest BCUT2D eigenvalue weighted by molar-refractivity contribution is -0.136. The lowest BCUT2D eigenvalue weighted by Gasteiger charge is -2.34. The summed E-state index contributed by atoms with van der Waals surface area (Å²) in [6.45, 7) is 0. The number of benzene rings is 1. The van der Waals surface area contributed by atoms with Gasteiger partial charge >= 0.3 is 0 Å². The van der Waals surface area contributed by atoms with Gasteiger partial charge in [-0.15, -0.1) is 0 Å². The minimum Gasteiger partial charge on any atom is -0.333 e. The standard InChI is InChI=1S/C14H14F3NO/c15-10-6-5-9(13(16)14(10)17)11-7-4-8-2-1-3-12(19)18(8)11/h5-6,8,11H,1-4,7H2/t8-,11-/m0/s1. The molecular weight excluding hydrogens is 255 g/mol. The zero-order valence-electron chi connectivity index (χ0n) is 10.3. The Morgan fingerprint density at radius 2 is 1.84 bits per heavy atom. The summed E-state index contributed by atoms with van der Waals surface area (Å²) in [5, 5.41) is 0. The lowest BCUT2D eigenvalue weighted by atomic mass is 10.0. The predicted molar refractivity (Wildman–Crippen MR) is 62.8 cm³/mol. The number of hydrogen-bond acceptors (Lipinski definition) is 1. The van der Waals surface area contributed by atoms with Gasteiger partial charge < -0.3 is 4.90 Å². The fraction of sp³-hybridized carbons (Fsp3) is 0.500. The monoisotopic (exact) mass is 269 g/mol. The zero-order valence-corrected chi connectivity index (χ0v) is 10.3. The maximum atomic E-state index is 13.8. The number of nitrogens with zero attached hydrogens (tertiary/aromatic N) is 1. The fourth-order valence-electron chi connectivity index (χ4n) is 3.27. The molecule has 2 fully saturated rings. The molecule has 2 saturated heterocycles. The van der Waals surface area contributed by atoms with E-state index in [0.717, 1.165) is 25.3 Å². The summed E-state index contributed by atoms with van der Waals surface area (Å²) in [5.74, 6) is -3.82. The Morgan fingerprint density at radius 1 is 1.05 bits per heavy atom. The molecule has 2 nitrogen and oxygen atoms in total. The number of hydrogen-bond donors (Lipinski definition) is 0. The second-order valence-electron chi connectivity index (χ2n) is 5.20. The molecule has 0 saturated carbocycles. The molecule has 2 aliphatic rings. The Hall–Kier alpha value is -1.52. The molecule has 2 heterocycles. The van der Waals surface area contributed by atoms with Crippen LogP contribution >= 0.6 is 0 Å². The van der Waals surface area contributed by atoms with E-state index in [1.807, 2.05) is 0 Å². The van der Waals surface area contributed by atoms with Crippen LogP contribution < -0.4 is 0 Å². The van der Waals surface area contributed by atoms with Gasteiger partial charge in [-0.05, 0) is 31.7 Å². The van der Waals surface area contributed by atoms with Crippen LogP contribution in [0.3, 0.4) is 0 Å². The van der Waals surface area contributed by atoms with Crippen molar-refractivity contribution in [2.24, 2.45) is 0 Å². The van der Waals surface area contributed by atoms with Gasteiger partial charge in [-0.1, -0.05) is 6.07 Å². The molecule has 102 valence electrons. The third-order valence-corrected chi connectivity index (χ3v) is 4.14. The van der Waals surface area contributed by atoms with Gasteiger partial charge in [0.2, 0.25) is 5.91 Å². The number of halogens is 3. The molecule has 1 aromatic rings. The highest BCUT2D eigenvalue weighted by atomic mass is 19.2. The molecule has 3 rings (SSSR count). The van der Waals surface area contributed by atoms with Crippen molar-refractivity contribution in [2.75, 3.05) is 0 Å². The van der Waals surface area contributed by atoms with Gasteiger partial charge in [0.1, 0.15) is 0 Å². The topological polar surface area (TPSA) is 20.3 Å². The van der Waals surface area contributed by atoms with E-state index in [1.165, 1.54) is 6.07 Å². The molecule has 0 bridgehead atoms. The molecule has 2 aliphatic heterocycles. The maximum Gasteiger partial charge on any atom is 0.223 e. The lowest BCUT2D eigenvalue weighted by Crippen LogP contribution is -2.40. The average molecular weight is 269 g/mol. The molecule has 2 atom stereocenters. The highest BCUT2D eigenvalue weighted by molar-refractivity contribution is 5.78. The summed E-state index contributed by atoms with van der Waals surface area (Å²) < 4.78 is 40.1. The molecule has 0 spiro atoms. The van der Waals surface area contributed by atoms with E-state index in [9.17, 15) is 18.0 Å². The van der Waals surface area contributed by atoms with Crippen LogP contribution in [0.4, 0.5) is 13.2 Å². The molecule has 0 radical (unpaired) electrons. The summed E-state index contributed by atoms with van der Waals surface area (Å²) in [5.41, 5.74) is 0.0941. The number of carbonyl (C=O) groups is 1. The summed E-state index contributed by atoms with van der Waals surface area (Å²) >= 11 is 0. The second-order valence-corrected chi connectivity index (χ2v) is 5.20. The third kappa shape index (κ3) is 1.91. The average Bonchev–Trinajstić information content (AvgIpc) is 2.82. The highest BCUT2D eigenvalue weighted by Crippen LogP contribution is 2.42. The molecule has 1 amide bonds. The SMILES string of the molecule is O=C1CCC[C@H]2CC[C@@H](c3ccc(F)c(F)c3F)N12. The summed E-state index contributed by atoms with van der Waals surface area (Å²) in [7, 11) is 0. The summed E-state index contributed by atoms with van der Waals surface area (Å²) in [4.78, 5) is 13.6. The normalized spacial score (nSPS) is 26.7. The Morgan fingerprint density at radius 3 is 2.63 bits per heavy atom. The fourth-order valence-corrected chi connectivity index (χ4v) is 3.27. The van der Waals surface area contributed by atoms with Crippen molar-refractivity contribution in [1.29, 1.82) is 0 Å². The van der Waals surface area contributed by atoms with Crippen LogP contribution in [-0.2, 0) is 4.79 Å². The first-order chi connectivity index (χ1) is 9.09. The van der Waals surface area contributed by atoms with Crippen molar-refractivity contribution in [1.82, 2.24) is 4.90 Å². The van der Waals surface area contributed by atoms with Crippen LogP contribution in [0.5, 0.6) is 0 Å². The van der Waals surface area contributed by atoms with Crippen molar-refractivity contribution in [3.63, 3.8) is 0 Å². The van der Waals surface area contributed by atoms with E-state index in [1.54, 1.807) is 4.90 Å². The smallest absolute Gasteiger partial charge is 0.223 e. The van der Waals surface area contributed by atoms with Crippen molar-refractivity contribution in [3.05, 3.63) is 35.1 Å². The minimum absolute atomic E-state index is 0.0112. The van der Waals surface area contributed by atoms with Gasteiger partial charge in [0.15, 0.2) is 17.5 Å². The van der Waals surface area contributed by atoms with Crippen LogP contribution in [0.25, 0.3) is 0 Å². The van der Waals surface area contributed by atoms with Crippen LogP contribution in [-0.4, -0.2) is 16.8 Å². The van der Waals surface area contributed by atoms with Crippen LogP contribution in [0.2, 0.25) is 0 Å². The first-order valence-electron chi connectivity index (χ1n) is 6.54. The Kier molecular flexibility index (Phi) is 2.99. The molecule has 5 heteroatoms. The van der Waals surface area contributed by atoms with E-state index in [0.29, 0.717) is 12.8 Å². The maximum absolute atomic E-state index is 13.8. The third-order valence-electron chi connectivity index (χ3n) is 4.14. The number of fused-ring (bicyclic) bond motifs is 1. The summed E-state index contributed by atoms with van der Waals surface area (Å²) in [6, 6.07) is 1.85. The van der Waals surface area contributed by atoms with Gasteiger partial charge in [0, 0.05) is 18.0 Å². The first kappa shape index (κ1) is 12.5. The van der Waals surface area contributed by atoms with E-state index in [2.05, 4.69) is 0 Å². The quantitative estimate of drug-likeness (QED) is 0.716. The zero-order chi connectivity index (χ0) is 13.6. The van der Waals surface area contributed by atoms with Crippen molar-refractivity contribution in [2.45, 2.75) is 44.2 Å². The molecule has 1 aromatic carbocycles. The van der Waals surface area contributed by atoms with Crippen molar-refractivity contribution in [3.8, 4) is 0 Å². The van der Waals surface area contributed by atoms with Crippen LogP contribution in [0, 0.1) is 17.5 Å². The van der Waals surface area contributed by atoms with Gasteiger partial charge in [-0.25, -0.2) is 13.2 Å². The van der Waals surface area contributed by atoms with Gasteiger partial charge in [-0.2, -0.15) is 0 Å². The molecule has 19 heavy (non-hydrogen) atoms. The number of carbonyl (C=O) groups excluding carboxylic acids is 1. The van der Waals surface area contributed by atoms with Crippen LogP contribution in [0.15, 0.2) is 12.1 Å². The Bertz CT molecular complexity index is 532. The van der Waals surface area contributed by atoms with Crippen molar-refractivity contribution >= 4 is 5.91 Å². The Labute approximate surface area is 109 Å². The number of amides is 1. The van der Waals surface area contributed by atoms with Crippen LogP contribution in [0.1, 0.15) is 43.7 Å². The predicted octanol–water partition coefficient (Wildman–Crippen LogP) is 3.32. The molecular formula is C14H14F3NO. The number of piperidine rings is 1. The first-order valence-corrected chi connectivity index (χ1v) is 6.54. The number of rotatable bonds is 1. The second kappa shape index (κ2) is 4.54.